The second kappa shape index (κ2) is 5.09. The van der Waals surface area contributed by atoms with Gasteiger partial charge in [-0.3, -0.25) is 4.79 Å². The van der Waals surface area contributed by atoms with E-state index in [1.165, 1.54) is 0 Å². The van der Waals surface area contributed by atoms with Crippen LogP contribution in [0.4, 0.5) is 5.82 Å². The fourth-order valence-electron chi connectivity index (χ4n) is 2.70. The average molecular weight is 283 g/mol. The quantitative estimate of drug-likeness (QED) is 0.800. The van der Waals surface area contributed by atoms with Crippen molar-refractivity contribution in [2.75, 3.05) is 5.32 Å². The standard InChI is InChI=1S/C16H17N3O2/c1-4-19-13-8-6-5-7-12(13)11(3)15(19)16(20)17-14-9-10(2)21-18-14/h5-9H,4H2,1-3H3,(H,17,18,20). The van der Waals surface area contributed by atoms with Crippen LogP contribution in [-0.4, -0.2) is 15.6 Å². The molecule has 1 aromatic carbocycles. The highest BCUT2D eigenvalue weighted by Crippen LogP contribution is 2.26. The predicted molar refractivity (Wildman–Crippen MR) is 81.5 cm³/mol. The van der Waals surface area contributed by atoms with Crippen molar-refractivity contribution in [2.45, 2.75) is 27.3 Å². The molecule has 108 valence electrons. The van der Waals surface area contributed by atoms with Gasteiger partial charge in [0.2, 0.25) is 0 Å². The fourth-order valence-corrected chi connectivity index (χ4v) is 2.70. The van der Waals surface area contributed by atoms with Gasteiger partial charge in [0.25, 0.3) is 5.91 Å². The minimum atomic E-state index is -0.168. The van der Waals surface area contributed by atoms with Crippen molar-refractivity contribution in [3.8, 4) is 0 Å². The lowest BCUT2D eigenvalue weighted by molar-refractivity contribution is 0.101. The lowest BCUT2D eigenvalue weighted by atomic mass is 10.1. The third-order valence-electron chi connectivity index (χ3n) is 3.62. The molecule has 2 heterocycles. The van der Waals surface area contributed by atoms with Crippen LogP contribution in [0.15, 0.2) is 34.9 Å². The van der Waals surface area contributed by atoms with Crippen molar-refractivity contribution in [3.63, 3.8) is 0 Å². The molecule has 0 bridgehead atoms. The lowest BCUT2D eigenvalue weighted by Crippen LogP contribution is -2.18. The first kappa shape index (κ1) is 13.4. The van der Waals surface area contributed by atoms with Crippen molar-refractivity contribution >= 4 is 22.6 Å². The van der Waals surface area contributed by atoms with Crippen LogP contribution in [0, 0.1) is 13.8 Å². The fraction of sp³-hybridized carbons (Fsp3) is 0.250. The Hall–Kier alpha value is -2.56. The van der Waals surface area contributed by atoms with Gasteiger partial charge in [0.05, 0.1) is 0 Å². The first-order chi connectivity index (χ1) is 10.1. The van der Waals surface area contributed by atoms with E-state index >= 15 is 0 Å². The summed E-state index contributed by atoms with van der Waals surface area (Å²) in [5.74, 6) is 0.932. The zero-order valence-corrected chi connectivity index (χ0v) is 12.3. The molecule has 0 unspecified atom stereocenters. The van der Waals surface area contributed by atoms with E-state index in [9.17, 15) is 4.79 Å². The normalized spacial score (nSPS) is 11.0. The van der Waals surface area contributed by atoms with Crippen molar-refractivity contribution < 1.29 is 9.32 Å². The Morgan fingerprint density at radius 2 is 2.10 bits per heavy atom. The van der Waals surface area contributed by atoms with Gasteiger partial charge in [0.1, 0.15) is 11.5 Å². The van der Waals surface area contributed by atoms with Crippen LogP contribution in [-0.2, 0) is 6.54 Å². The Labute approximate surface area is 122 Å². The Balaban J connectivity index is 2.06. The largest absolute Gasteiger partial charge is 0.360 e. The number of aryl methyl sites for hydroxylation is 3. The first-order valence-electron chi connectivity index (χ1n) is 6.94. The third-order valence-corrected chi connectivity index (χ3v) is 3.62. The van der Waals surface area contributed by atoms with Crippen LogP contribution >= 0.6 is 0 Å². The number of fused-ring (bicyclic) bond motifs is 1. The zero-order chi connectivity index (χ0) is 15.0. The Bertz CT molecular complexity index is 814. The van der Waals surface area contributed by atoms with Crippen LogP contribution < -0.4 is 5.32 Å². The molecule has 0 aliphatic carbocycles. The van der Waals surface area contributed by atoms with Crippen LogP contribution in [0.2, 0.25) is 0 Å². The molecule has 0 spiro atoms. The molecule has 21 heavy (non-hydrogen) atoms. The number of hydrogen-bond donors (Lipinski definition) is 1. The lowest BCUT2D eigenvalue weighted by Gasteiger charge is -2.08. The summed E-state index contributed by atoms with van der Waals surface area (Å²) < 4.78 is 7.00. The maximum Gasteiger partial charge on any atom is 0.273 e. The van der Waals surface area contributed by atoms with E-state index in [0.717, 1.165) is 23.0 Å². The van der Waals surface area contributed by atoms with Gasteiger partial charge in [0.15, 0.2) is 5.82 Å². The molecule has 0 atom stereocenters. The van der Waals surface area contributed by atoms with Crippen LogP contribution in [0.3, 0.4) is 0 Å². The Kier molecular flexibility index (Phi) is 3.25. The highest BCUT2D eigenvalue weighted by molar-refractivity contribution is 6.08. The van der Waals surface area contributed by atoms with E-state index in [-0.39, 0.29) is 5.91 Å². The zero-order valence-electron chi connectivity index (χ0n) is 12.3. The van der Waals surface area contributed by atoms with Gasteiger partial charge in [-0.25, -0.2) is 0 Å². The predicted octanol–water partition coefficient (Wildman–Crippen LogP) is 3.52. The molecule has 0 saturated heterocycles. The van der Waals surface area contributed by atoms with E-state index < -0.39 is 0 Å². The number of rotatable bonds is 3. The monoisotopic (exact) mass is 283 g/mol. The molecular weight excluding hydrogens is 266 g/mol. The number of anilines is 1. The van der Waals surface area contributed by atoms with Crippen LogP contribution in [0.5, 0.6) is 0 Å². The van der Waals surface area contributed by atoms with Crippen molar-refractivity contribution in [1.82, 2.24) is 9.72 Å². The number of hydrogen-bond acceptors (Lipinski definition) is 3. The second-order valence-corrected chi connectivity index (χ2v) is 5.01. The molecule has 1 N–H and O–H groups in total. The van der Waals surface area contributed by atoms with Gasteiger partial charge in [-0.15, -0.1) is 0 Å². The Morgan fingerprint density at radius 3 is 2.76 bits per heavy atom. The molecule has 3 aromatic rings. The molecule has 0 saturated carbocycles. The molecule has 0 radical (unpaired) electrons. The molecule has 5 nitrogen and oxygen atoms in total. The van der Waals surface area contributed by atoms with E-state index in [0.29, 0.717) is 17.3 Å². The van der Waals surface area contributed by atoms with E-state index in [1.807, 2.05) is 42.7 Å². The summed E-state index contributed by atoms with van der Waals surface area (Å²) in [6.07, 6.45) is 0. The summed E-state index contributed by atoms with van der Waals surface area (Å²) >= 11 is 0. The SMILES string of the molecule is CCn1c(C(=O)Nc2cc(C)on2)c(C)c2ccccc21. The maximum atomic E-state index is 12.6. The number of carbonyl (C=O) groups is 1. The van der Waals surface area contributed by atoms with Gasteiger partial charge < -0.3 is 14.4 Å². The first-order valence-corrected chi connectivity index (χ1v) is 6.94. The summed E-state index contributed by atoms with van der Waals surface area (Å²) in [5.41, 5.74) is 2.71. The van der Waals surface area contributed by atoms with E-state index in [2.05, 4.69) is 10.5 Å². The molecule has 1 amide bonds. The number of para-hydroxylation sites is 1. The number of nitrogens with one attached hydrogen (secondary N) is 1. The smallest absolute Gasteiger partial charge is 0.273 e. The average Bonchev–Trinajstić information content (AvgIpc) is 3.00. The second-order valence-electron chi connectivity index (χ2n) is 5.01. The highest BCUT2D eigenvalue weighted by Gasteiger charge is 2.20. The summed E-state index contributed by atoms with van der Waals surface area (Å²) in [7, 11) is 0. The van der Waals surface area contributed by atoms with Gasteiger partial charge in [-0.2, -0.15) is 0 Å². The number of carbonyl (C=O) groups excluding carboxylic acids is 1. The van der Waals surface area contributed by atoms with Crippen LogP contribution in [0.25, 0.3) is 10.9 Å². The number of amides is 1. The molecule has 0 aliphatic heterocycles. The van der Waals surface area contributed by atoms with Crippen molar-refractivity contribution in [3.05, 3.63) is 47.3 Å². The minimum absolute atomic E-state index is 0.168. The van der Waals surface area contributed by atoms with Gasteiger partial charge >= 0.3 is 0 Å². The molecule has 5 heteroatoms. The summed E-state index contributed by atoms with van der Waals surface area (Å²) in [4.78, 5) is 12.6. The van der Waals surface area contributed by atoms with Gasteiger partial charge in [-0.1, -0.05) is 23.4 Å². The number of aromatic nitrogens is 2. The molecule has 2 aromatic heterocycles. The minimum Gasteiger partial charge on any atom is -0.360 e. The van der Waals surface area contributed by atoms with Crippen molar-refractivity contribution in [1.29, 1.82) is 0 Å². The van der Waals surface area contributed by atoms with Crippen LogP contribution in [0.1, 0.15) is 28.7 Å². The maximum absolute atomic E-state index is 12.6. The van der Waals surface area contributed by atoms with Crippen molar-refractivity contribution in [2.24, 2.45) is 0 Å². The summed E-state index contributed by atoms with van der Waals surface area (Å²) in [6, 6.07) is 9.73. The van der Waals surface area contributed by atoms with Gasteiger partial charge in [0, 0.05) is 23.5 Å². The number of nitrogens with zero attached hydrogens (tertiary/aromatic N) is 2. The Morgan fingerprint density at radius 1 is 1.33 bits per heavy atom. The van der Waals surface area contributed by atoms with E-state index in [4.69, 9.17) is 4.52 Å². The highest BCUT2D eigenvalue weighted by atomic mass is 16.5. The molecule has 3 rings (SSSR count). The summed E-state index contributed by atoms with van der Waals surface area (Å²) in [5, 5.41) is 7.69. The van der Waals surface area contributed by atoms with E-state index in [1.54, 1.807) is 13.0 Å². The molecule has 0 fully saturated rings. The molecule has 0 aliphatic rings. The summed E-state index contributed by atoms with van der Waals surface area (Å²) in [6.45, 7) is 6.52. The van der Waals surface area contributed by atoms with Gasteiger partial charge in [-0.05, 0) is 32.4 Å². The third kappa shape index (κ3) is 2.20. The molecular formula is C16H17N3O2. The topological polar surface area (TPSA) is 60.1 Å². The number of benzene rings is 1.